The summed E-state index contributed by atoms with van der Waals surface area (Å²) in [5.74, 6) is 0.0744. The molecule has 2 aliphatic rings. The van der Waals surface area contributed by atoms with Crippen molar-refractivity contribution in [2.75, 3.05) is 6.54 Å². The molecule has 0 radical (unpaired) electrons. The smallest absolute Gasteiger partial charge is 0.251 e. The van der Waals surface area contributed by atoms with Gasteiger partial charge >= 0.3 is 0 Å². The quantitative estimate of drug-likeness (QED) is 0.769. The summed E-state index contributed by atoms with van der Waals surface area (Å²) in [5, 5.41) is 2.87. The number of rotatable bonds is 1. The Morgan fingerprint density at radius 1 is 1.25 bits per heavy atom. The third-order valence-corrected chi connectivity index (χ3v) is 3.11. The van der Waals surface area contributed by atoms with Crippen LogP contribution in [-0.4, -0.2) is 17.4 Å². The average molecular weight is 212 g/mol. The monoisotopic (exact) mass is 212 g/mol. The second-order valence-corrected chi connectivity index (χ2v) is 4.11. The van der Waals surface area contributed by atoms with Crippen LogP contribution in [0.2, 0.25) is 0 Å². The van der Waals surface area contributed by atoms with Crippen molar-refractivity contribution in [3.8, 4) is 0 Å². The van der Waals surface area contributed by atoms with Crippen molar-refractivity contribution in [3.05, 3.63) is 47.3 Å². The molecule has 2 heterocycles. The molecule has 3 rings (SSSR count). The second kappa shape index (κ2) is 3.59. The van der Waals surface area contributed by atoms with Gasteiger partial charge in [-0.3, -0.25) is 9.78 Å². The van der Waals surface area contributed by atoms with Gasteiger partial charge in [0, 0.05) is 24.5 Å². The molecule has 3 heteroatoms. The Morgan fingerprint density at radius 3 is 2.81 bits per heavy atom. The molecular weight excluding hydrogens is 200 g/mol. The summed E-state index contributed by atoms with van der Waals surface area (Å²) in [5.41, 5.74) is 4.54. The lowest BCUT2D eigenvalue weighted by Gasteiger charge is -2.13. The van der Waals surface area contributed by atoms with Crippen LogP contribution in [0.1, 0.15) is 18.4 Å². The van der Waals surface area contributed by atoms with Crippen LogP contribution in [-0.2, 0) is 4.79 Å². The highest BCUT2D eigenvalue weighted by Crippen LogP contribution is 2.35. The first-order valence-electron chi connectivity index (χ1n) is 5.46. The maximum atomic E-state index is 11.6. The summed E-state index contributed by atoms with van der Waals surface area (Å²) in [6.45, 7) is 0.773. The largest absolute Gasteiger partial charge is 0.352 e. The van der Waals surface area contributed by atoms with Crippen molar-refractivity contribution in [3.63, 3.8) is 0 Å². The maximum Gasteiger partial charge on any atom is 0.251 e. The molecule has 0 aromatic carbocycles. The zero-order valence-corrected chi connectivity index (χ0v) is 8.86. The van der Waals surface area contributed by atoms with E-state index in [1.54, 1.807) is 12.4 Å². The van der Waals surface area contributed by atoms with E-state index >= 15 is 0 Å². The Balaban J connectivity index is 1.94. The molecule has 1 aliphatic heterocycles. The summed E-state index contributed by atoms with van der Waals surface area (Å²) in [6, 6.07) is 3.98. The lowest BCUT2D eigenvalue weighted by molar-refractivity contribution is -0.117. The molecule has 0 unspecified atom stereocenters. The summed E-state index contributed by atoms with van der Waals surface area (Å²) in [6.07, 6.45) is 7.47. The highest BCUT2D eigenvalue weighted by molar-refractivity contribution is 6.02. The third-order valence-electron chi connectivity index (χ3n) is 3.11. The average Bonchev–Trinajstić information content (AvgIpc) is 2.76. The van der Waals surface area contributed by atoms with Crippen LogP contribution < -0.4 is 5.32 Å². The number of carbonyl (C=O) groups excluding carboxylic acids is 1. The van der Waals surface area contributed by atoms with E-state index in [9.17, 15) is 4.79 Å². The fourth-order valence-corrected chi connectivity index (χ4v) is 2.28. The minimum absolute atomic E-state index is 0.0744. The number of carbonyl (C=O) groups is 1. The molecule has 0 bridgehead atoms. The molecule has 1 aromatic rings. The number of aromatic nitrogens is 1. The topological polar surface area (TPSA) is 42.0 Å². The lowest BCUT2D eigenvalue weighted by atomic mass is 10.0. The van der Waals surface area contributed by atoms with Crippen molar-refractivity contribution in [2.45, 2.75) is 12.8 Å². The SMILES string of the molecule is O=C1NCCC2=C1C=C(c1ccncc1)C2. The van der Waals surface area contributed by atoms with Crippen molar-refractivity contribution in [1.82, 2.24) is 10.3 Å². The fourth-order valence-electron chi connectivity index (χ4n) is 2.28. The number of nitrogens with zero attached hydrogens (tertiary/aromatic N) is 1. The van der Waals surface area contributed by atoms with Gasteiger partial charge in [-0.2, -0.15) is 0 Å². The van der Waals surface area contributed by atoms with Gasteiger partial charge in [0.1, 0.15) is 0 Å². The molecule has 0 atom stereocenters. The first-order chi connectivity index (χ1) is 7.84. The molecule has 1 N–H and O–H groups in total. The number of hydrogen-bond acceptors (Lipinski definition) is 2. The Labute approximate surface area is 93.9 Å². The van der Waals surface area contributed by atoms with Crippen molar-refractivity contribution in [1.29, 1.82) is 0 Å². The molecule has 1 aliphatic carbocycles. The molecule has 3 nitrogen and oxygen atoms in total. The molecule has 0 saturated carbocycles. The second-order valence-electron chi connectivity index (χ2n) is 4.11. The van der Waals surface area contributed by atoms with Crippen LogP contribution in [0.15, 0.2) is 41.7 Å². The molecule has 1 aromatic heterocycles. The lowest BCUT2D eigenvalue weighted by Crippen LogP contribution is -2.29. The minimum atomic E-state index is 0.0744. The number of allylic oxidation sites excluding steroid dienone is 1. The van der Waals surface area contributed by atoms with Gasteiger partial charge in [-0.1, -0.05) is 5.57 Å². The maximum absolute atomic E-state index is 11.6. The van der Waals surface area contributed by atoms with Gasteiger partial charge in [-0.05, 0) is 42.2 Å². The van der Waals surface area contributed by atoms with Crippen LogP contribution in [0.3, 0.4) is 0 Å². The molecule has 80 valence electrons. The van der Waals surface area contributed by atoms with E-state index in [-0.39, 0.29) is 5.91 Å². The zero-order valence-electron chi connectivity index (χ0n) is 8.86. The summed E-state index contributed by atoms with van der Waals surface area (Å²) in [4.78, 5) is 15.6. The Bertz CT molecular complexity index is 500. The van der Waals surface area contributed by atoms with E-state index in [2.05, 4.69) is 10.3 Å². The Morgan fingerprint density at radius 2 is 2.06 bits per heavy atom. The van der Waals surface area contributed by atoms with Crippen LogP contribution >= 0.6 is 0 Å². The van der Waals surface area contributed by atoms with E-state index in [4.69, 9.17) is 0 Å². The number of amides is 1. The highest BCUT2D eigenvalue weighted by Gasteiger charge is 2.24. The number of pyridine rings is 1. The number of nitrogens with one attached hydrogen (secondary N) is 1. The molecule has 1 amide bonds. The molecule has 0 fully saturated rings. The van der Waals surface area contributed by atoms with Crippen molar-refractivity contribution in [2.24, 2.45) is 0 Å². The predicted octanol–water partition coefficient (Wildman–Crippen LogP) is 1.69. The van der Waals surface area contributed by atoms with Crippen molar-refractivity contribution >= 4 is 11.5 Å². The number of hydrogen-bond donors (Lipinski definition) is 1. The standard InChI is InChI=1S/C13H12N2O/c16-13-12-8-11(7-10(12)3-6-15-13)9-1-4-14-5-2-9/h1-2,4-5,8H,3,6-7H2,(H,15,16). The molecule has 0 saturated heterocycles. The first kappa shape index (κ1) is 9.33. The van der Waals surface area contributed by atoms with E-state index in [0.717, 1.165) is 30.5 Å². The van der Waals surface area contributed by atoms with Gasteiger partial charge in [0.2, 0.25) is 0 Å². The van der Waals surface area contributed by atoms with Gasteiger partial charge in [-0.25, -0.2) is 0 Å². The summed E-state index contributed by atoms with van der Waals surface area (Å²) in [7, 11) is 0. The van der Waals surface area contributed by atoms with E-state index in [1.165, 1.54) is 11.1 Å². The van der Waals surface area contributed by atoms with E-state index < -0.39 is 0 Å². The minimum Gasteiger partial charge on any atom is -0.352 e. The summed E-state index contributed by atoms with van der Waals surface area (Å²) < 4.78 is 0. The molecular formula is C13H12N2O. The summed E-state index contributed by atoms with van der Waals surface area (Å²) >= 11 is 0. The van der Waals surface area contributed by atoms with Gasteiger partial charge in [0.25, 0.3) is 5.91 Å². The highest BCUT2D eigenvalue weighted by atomic mass is 16.1. The zero-order chi connectivity index (χ0) is 11.0. The van der Waals surface area contributed by atoms with Gasteiger partial charge in [-0.15, -0.1) is 0 Å². The van der Waals surface area contributed by atoms with E-state index in [1.807, 2.05) is 18.2 Å². The van der Waals surface area contributed by atoms with Crippen molar-refractivity contribution < 1.29 is 4.79 Å². The Hall–Kier alpha value is -1.90. The van der Waals surface area contributed by atoms with Crippen LogP contribution in [0.4, 0.5) is 0 Å². The normalized spacial score (nSPS) is 19.2. The Kier molecular flexibility index (Phi) is 2.10. The first-order valence-corrected chi connectivity index (χ1v) is 5.46. The third kappa shape index (κ3) is 1.45. The van der Waals surface area contributed by atoms with Gasteiger partial charge in [0.05, 0.1) is 0 Å². The molecule has 0 spiro atoms. The van der Waals surface area contributed by atoms with Gasteiger partial charge in [0.15, 0.2) is 0 Å². The van der Waals surface area contributed by atoms with Crippen LogP contribution in [0.5, 0.6) is 0 Å². The fraction of sp³-hybridized carbons (Fsp3) is 0.231. The predicted molar refractivity (Wildman–Crippen MR) is 61.5 cm³/mol. The van der Waals surface area contributed by atoms with E-state index in [0.29, 0.717) is 0 Å². The van der Waals surface area contributed by atoms with Crippen LogP contribution in [0.25, 0.3) is 5.57 Å². The van der Waals surface area contributed by atoms with Gasteiger partial charge < -0.3 is 5.32 Å². The molecule has 16 heavy (non-hydrogen) atoms. The van der Waals surface area contributed by atoms with Crippen LogP contribution in [0, 0.1) is 0 Å².